The van der Waals surface area contributed by atoms with Gasteiger partial charge in [0.15, 0.2) is 5.16 Å². The fourth-order valence-corrected chi connectivity index (χ4v) is 4.87. The lowest BCUT2D eigenvalue weighted by molar-refractivity contribution is 0.0934. The second-order valence-electron chi connectivity index (χ2n) is 8.23. The number of benzene rings is 1. The molecule has 0 N–H and O–H groups in total. The molecule has 170 valence electrons. The summed E-state index contributed by atoms with van der Waals surface area (Å²) in [4.78, 5) is 6.70. The van der Waals surface area contributed by atoms with Crippen LogP contribution in [0.25, 0.3) is 0 Å². The summed E-state index contributed by atoms with van der Waals surface area (Å²) in [5.74, 6) is 2.66. The average Bonchev–Trinajstić information content (AvgIpc) is 3.44. The van der Waals surface area contributed by atoms with E-state index < -0.39 is 0 Å². The Morgan fingerprint density at radius 3 is 2.84 bits per heavy atom. The summed E-state index contributed by atoms with van der Waals surface area (Å²) >= 11 is 1.68. The number of ether oxygens (including phenoxy) is 2. The first-order chi connectivity index (χ1) is 15.6. The molecule has 1 atom stereocenters. The number of aromatic nitrogens is 4. The molecule has 0 amide bonds. The molecule has 2 aromatic heterocycles. The predicted molar refractivity (Wildman–Crippen MR) is 126 cm³/mol. The number of thioether (sulfide) groups is 1. The minimum absolute atomic E-state index is 0.230. The van der Waals surface area contributed by atoms with Crippen molar-refractivity contribution in [2.45, 2.75) is 56.4 Å². The molecule has 1 aromatic carbocycles. The van der Waals surface area contributed by atoms with Gasteiger partial charge in [-0.15, -0.1) is 10.2 Å². The first-order valence-electron chi connectivity index (χ1n) is 11.0. The van der Waals surface area contributed by atoms with E-state index in [9.17, 15) is 0 Å². The monoisotopic (exact) mass is 453 g/mol. The molecule has 0 radical (unpaired) electrons. The van der Waals surface area contributed by atoms with Crippen LogP contribution in [0.5, 0.6) is 5.75 Å². The highest BCUT2D eigenvalue weighted by molar-refractivity contribution is 7.98. The number of pyridine rings is 1. The number of hydrogen-bond donors (Lipinski definition) is 0. The minimum atomic E-state index is 0.230. The van der Waals surface area contributed by atoms with E-state index in [1.165, 1.54) is 5.56 Å². The maximum atomic E-state index is 5.91. The zero-order chi connectivity index (χ0) is 22.3. The van der Waals surface area contributed by atoms with E-state index in [-0.39, 0.29) is 6.10 Å². The highest BCUT2D eigenvalue weighted by atomic mass is 32.2. The van der Waals surface area contributed by atoms with Gasteiger partial charge in [-0.3, -0.25) is 9.88 Å². The first kappa shape index (κ1) is 22.8. The second kappa shape index (κ2) is 10.9. The summed E-state index contributed by atoms with van der Waals surface area (Å²) in [6, 6.07) is 12.3. The highest BCUT2D eigenvalue weighted by Gasteiger charge is 2.22. The zero-order valence-corrected chi connectivity index (χ0v) is 19.8. The van der Waals surface area contributed by atoms with Crippen molar-refractivity contribution in [3.8, 4) is 5.75 Å². The highest BCUT2D eigenvalue weighted by Crippen LogP contribution is 2.25. The van der Waals surface area contributed by atoms with Gasteiger partial charge in [0.25, 0.3) is 0 Å². The van der Waals surface area contributed by atoms with Crippen molar-refractivity contribution in [1.82, 2.24) is 24.6 Å². The predicted octanol–water partition coefficient (Wildman–Crippen LogP) is 4.09. The molecule has 0 unspecified atom stereocenters. The van der Waals surface area contributed by atoms with E-state index >= 15 is 0 Å². The lowest BCUT2D eigenvalue weighted by Gasteiger charge is -2.19. The van der Waals surface area contributed by atoms with Gasteiger partial charge in [0.1, 0.15) is 11.6 Å². The normalized spacial score (nSPS) is 16.1. The van der Waals surface area contributed by atoms with Gasteiger partial charge in [-0.25, -0.2) is 0 Å². The lowest BCUT2D eigenvalue weighted by Crippen LogP contribution is -2.23. The third-order valence-corrected chi connectivity index (χ3v) is 6.60. The SMILES string of the molecule is COc1ccc(CN(C)Cc2nnc(SCc3ccccn3)n2C[C@@H]2CCCO2)cc1C. The molecule has 1 fully saturated rings. The van der Waals surface area contributed by atoms with Crippen molar-refractivity contribution < 1.29 is 9.47 Å². The molecule has 0 saturated carbocycles. The van der Waals surface area contributed by atoms with Gasteiger partial charge < -0.3 is 14.0 Å². The maximum Gasteiger partial charge on any atom is 0.191 e. The van der Waals surface area contributed by atoms with Crippen molar-refractivity contribution in [1.29, 1.82) is 0 Å². The van der Waals surface area contributed by atoms with E-state index in [1.807, 2.05) is 30.5 Å². The fraction of sp³-hybridized carbons (Fsp3) is 0.458. The van der Waals surface area contributed by atoms with E-state index in [4.69, 9.17) is 9.47 Å². The topological polar surface area (TPSA) is 65.3 Å². The quantitative estimate of drug-likeness (QED) is 0.428. The van der Waals surface area contributed by atoms with Crippen LogP contribution < -0.4 is 4.74 Å². The summed E-state index contributed by atoms with van der Waals surface area (Å²) in [6.07, 6.45) is 4.26. The smallest absolute Gasteiger partial charge is 0.191 e. The summed E-state index contributed by atoms with van der Waals surface area (Å²) in [6.45, 7) is 5.26. The molecule has 8 heteroatoms. The Kier molecular flexibility index (Phi) is 7.78. The molecule has 32 heavy (non-hydrogen) atoms. The molecule has 0 bridgehead atoms. The summed E-state index contributed by atoms with van der Waals surface area (Å²) in [5.41, 5.74) is 3.44. The van der Waals surface area contributed by atoms with E-state index in [1.54, 1.807) is 18.9 Å². The van der Waals surface area contributed by atoms with Crippen LogP contribution >= 0.6 is 11.8 Å². The summed E-state index contributed by atoms with van der Waals surface area (Å²) < 4.78 is 13.5. The largest absolute Gasteiger partial charge is 0.496 e. The number of aryl methyl sites for hydroxylation is 1. The van der Waals surface area contributed by atoms with Crippen LogP contribution in [-0.4, -0.2) is 51.5 Å². The van der Waals surface area contributed by atoms with Crippen molar-refractivity contribution >= 4 is 11.8 Å². The van der Waals surface area contributed by atoms with Gasteiger partial charge in [0.05, 0.1) is 32.0 Å². The van der Waals surface area contributed by atoms with Crippen LogP contribution in [0.2, 0.25) is 0 Å². The molecule has 4 rings (SSSR count). The van der Waals surface area contributed by atoms with E-state index in [0.717, 1.165) is 72.8 Å². The second-order valence-corrected chi connectivity index (χ2v) is 9.17. The number of nitrogens with zero attached hydrogens (tertiary/aromatic N) is 5. The standard InChI is InChI=1S/C24H31N5O2S/c1-18-13-19(9-10-22(18)30-3)14-28(2)16-23-26-27-24(29(23)15-21-8-6-12-31-21)32-17-20-7-4-5-11-25-20/h4-5,7,9-11,13,21H,6,8,12,14-17H2,1-3H3/t21-/m0/s1. The molecule has 3 aromatic rings. The number of hydrogen-bond acceptors (Lipinski definition) is 7. The van der Waals surface area contributed by atoms with Crippen LogP contribution in [0.15, 0.2) is 47.8 Å². The summed E-state index contributed by atoms with van der Waals surface area (Å²) in [5, 5.41) is 10.00. The van der Waals surface area contributed by atoms with Gasteiger partial charge in [0, 0.05) is 25.1 Å². The van der Waals surface area contributed by atoms with Gasteiger partial charge in [-0.05, 0) is 56.1 Å². The fourth-order valence-electron chi connectivity index (χ4n) is 3.99. The minimum Gasteiger partial charge on any atom is -0.496 e. The Bertz CT molecular complexity index is 1000. The Labute approximate surface area is 194 Å². The molecular weight excluding hydrogens is 422 g/mol. The molecular formula is C24H31N5O2S. The van der Waals surface area contributed by atoms with Crippen molar-refractivity contribution in [3.63, 3.8) is 0 Å². The summed E-state index contributed by atoms with van der Waals surface area (Å²) in [7, 11) is 3.82. The van der Waals surface area contributed by atoms with Crippen LogP contribution in [0, 0.1) is 6.92 Å². The molecule has 3 heterocycles. The molecule has 0 spiro atoms. The first-order valence-corrected chi connectivity index (χ1v) is 12.0. The van der Waals surface area contributed by atoms with Crippen LogP contribution in [-0.2, 0) is 30.1 Å². The average molecular weight is 454 g/mol. The molecule has 7 nitrogen and oxygen atoms in total. The number of rotatable bonds is 10. The Morgan fingerprint density at radius 1 is 1.22 bits per heavy atom. The third-order valence-electron chi connectivity index (χ3n) is 5.60. The maximum absolute atomic E-state index is 5.91. The third kappa shape index (κ3) is 5.88. The molecule has 1 aliphatic heterocycles. The van der Waals surface area contributed by atoms with E-state index in [0.29, 0.717) is 0 Å². The van der Waals surface area contributed by atoms with Crippen molar-refractivity contribution in [3.05, 3.63) is 65.2 Å². The van der Waals surface area contributed by atoms with Crippen molar-refractivity contribution in [2.24, 2.45) is 0 Å². The molecule has 0 aliphatic carbocycles. The zero-order valence-electron chi connectivity index (χ0n) is 19.0. The van der Waals surface area contributed by atoms with Crippen LogP contribution in [0.3, 0.4) is 0 Å². The molecule has 1 aliphatic rings. The van der Waals surface area contributed by atoms with Gasteiger partial charge in [-0.2, -0.15) is 0 Å². The Hall–Kier alpha value is -2.42. The van der Waals surface area contributed by atoms with Gasteiger partial charge in [-0.1, -0.05) is 30.0 Å². The van der Waals surface area contributed by atoms with Gasteiger partial charge in [0.2, 0.25) is 0 Å². The Morgan fingerprint density at radius 2 is 2.12 bits per heavy atom. The van der Waals surface area contributed by atoms with Crippen molar-refractivity contribution in [2.75, 3.05) is 20.8 Å². The van der Waals surface area contributed by atoms with Crippen LogP contribution in [0.1, 0.15) is 35.5 Å². The number of methoxy groups -OCH3 is 1. The lowest BCUT2D eigenvalue weighted by atomic mass is 10.1. The van der Waals surface area contributed by atoms with Gasteiger partial charge >= 0.3 is 0 Å². The Balaban J connectivity index is 1.46. The van der Waals surface area contributed by atoms with Crippen LogP contribution in [0.4, 0.5) is 0 Å². The van der Waals surface area contributed by atoms with E-state index in [2.05, 4.69) is 50.8 Å². The molecule has 1 saturated heterocycles.